The molecule has 7 heteroatoms. The van der Waals surface area contributed by atoms with Gasteiger partial charge in [-0.1, -0.05) is 30.3 Å². The van der Waals surface area contributed by atoms with Gasteiger partial charge >= 0.3 is 0 Å². The standard InChI is InChI=1S/C27H23N5O2/c1-17-29-14-20-15-30-24-10-11-31(27(24)33)25-5-3-4-19-7-8-21(13-22(19)25)34-26-12-18(16-32(17)20)6-9-23(26)28-2/h3-9,12-14,24,30H,10-11,15-16H2,1H3/t24-/m0/s1. The number of anilines is 1. The molecule has 0 spiro atoms. The topological polar surface area (TPSA) is 63.8 Å². The predicted molar refractivity (Wildman–Crippen MR) is 130 cm³/mol. The minimum Gasteiger partial charge on any atom is -0.468 e. The second-order valence-electron chi connectivity index (χ2n) is 8.77. The highest BCUT2D eigenvalue weighted by Crippen LogP contribution is 2.37. The monoisotopic (exact) mass is 449 g/mol. The summed E-state index contributed by atoms with van der Waals surface area (Å²) < 4.78 is 8.39. The van der Waals surface area contributed by atoms with Crippen molar-refractivity contribution in [2.24, 2.45) is 0 Å². The van der Waals surface area contributed by atoms with Gasteiger partial charge in [-0.2, -0.15) is 0 Å². The van der Waals surface area contributed by atoms with E-state index in [4.69, 9.17) is 11.3 Å². The van der Waals surface area contributed by atoms with Gasteiger partial charge in [0.2, 0.25) is 11.6 Å². The van der Waals surface area contributed by atoms with E-state index in [1.165, 1.54) is 0 Å². The van der Waals surface area contributed by atoms with Crippen LogP contribution in [-0.4, -0.2) is 28.0 Å². The fraction of sp³-hybridized carbons (Fsp3) is 0.222. The molecule has 3 heterocycles. The fourth-order valence-electron chi connectivity index (χ4n) is 4.88. The van der Waals surface area contributed by atoms with Crippen LogP contribution in [0.5, 0.6) is 11.5 Å². The number of nitrogens with one attached hydrogen (secondary N) is 1. The van der Waals surface area contributed by atoms with E-state index in [0.717, 1.165) is 40.0 Å². The number of ether oxygens (including phenoxy) is 1. The van der Waals surface area contributed by atoms with Crippen molar-refractivity contribution < 1.29 is 9.53 Å². The third-order valence-electron chi connectivity index (χ3n) is 6.71. The SMILES string of the molecule is [C-]#[N+]c1ccc2cc1Oc1ccc3cccc(c3c1)N1CC[C@H](NCc3cnc(C)n3C2)C1=O. The Hall–Kier alpha value is -4.15. The summed E-state index contributed by atoms with van der Waals surface area (Å²) in [7, 11) is 0. The number of aryl methyl sites for hydroxylation is 1. The first-order valence-corrected chi connectivity index (χ1v) is 11.4. The second-order valence-corrected chi connectivity index (χ2v) is 8.77. The average molecular weight is 450 g/mol. The van der Waals surface area contributed by atoms with Crippen LogP contribution in [0.2, 0.25) is 0 Å². The minimum absolute atomic E-state index is 0.0780. The number of nitrogens with zero attached hydrogens (tertiary/aromatic N) is 4. The summed E-state index contributed by atoms with van der Waals surface area (Å²) in [4.78, 5) is 23.4. The Morgan fingerprint density at radius 2 is 2.09 bits per heavy atom. The molecule has 1 aromatic heterocycles. The van der Waals surface area contributed by atoms with Crippen molar-refractivity contribution in [3.63, 3.8) is 0 Å². The molecule has 0 radical (unpaired) electrons. The molecular weight excluding hydrogens is 426 g/mol. The number of rotatable bonds is 0. The lowest BCUT2D eigenvalue weighted by atomic mass is 10.1. The molecule has 34 heavy (non-hydrogen) atoms. The lowest BCUT2D eigenvalue weighted by molar-refractivity contribution is -0.118. The zero-order valence-corrected chi connectivity index (χ0v) is 18.8. The molecule has 168 valence electrons. The number of aromatic nitrogens is 2. The van der Waals surface area contributed by atoms with E-state index < -0.39 is 0 Å². The Balaban J connectivity index is 1.52. The van der Waals surface area contributed by atoms with Gasteiger partial charge in [0.05, 0.1) is 24.0 Å². The van der Waals surface area contributed by atoms with E-state index >= 15 is 0 Å². The highest BCUT2D eigenvalue weighted by atomic mass is 16.5. The maximum Gasteiger partial charge on any atom is 0.244 e. The third-order valence-corrected chi connectivity index (χ3v) is 6.71. The zero-order chi connectivity index (χ0) is 23.2. The van der Waals surface area contributed by atoms with Crippen LogP contribution in [0.15, 0.2) is 60.8 Å². The van der Waals surface area contributed by atoms with Crippen molar-refractivity contribution in [1.82, 2.24) is 14.9 Å². The predicted octanol–water partition coefficient (Wildman–Crippen LogP) is 4.94. The van der Waals surface area contributed by atoms with Gasteiger partial charge in [0.15, 0.2) is 0 Å². The van der Waals surface area contributed by atoms with Crippen LogP contribution in [-0.2, 0) is 17.9 Å². The number of fused-ring (bicyclic) bond motifs is 7. The number of hydrogen-bond donors (Lipinski definition) is 1. The normalized spacial score (nSPS) is 17.5. The fourth-order valence-corrected chi connectivity index (χ4v) is 4.88. The largest absolute Gasteiger partial charge is 0.468 e. The highest BCUT2D eigenvalue weighted by molar-refractivity contribution is 6.07. The molecule has 1 fully saturated rings. The molecule has 7 nitrogen and oxygen atoms in total. The molecule has 1 atom stereocenters. The Labute approximate surface area is 197 Å². The van der Waals surface area contributed by atoms with Crippen LogP contribution in [0.3, 0.4) is 0 Å². The summed E-state index contributed by atoms with van der Waals surface area (Å²) in [6.07, 6.45) is 2.60. The summed E-state index contributed by atoms with van der Waals surface area (Å²) in [6.45, 7) is 11.4. The van der Waals surface area contributed by atoms with Crippen molar-refractivity contribution in [1.29, 1.82) is 0 Å². The summed E-state index contributed by atoms with van der Waals surface area (Å²) >= 11 is 0. The van der Waals surface area contributed by atoms with Crippen molar-refractivity contribution >= 4 is 28.1 Å². The smallest absolute Gasteiger partial charge is 0.244 e. The molecule has 0 unspecified atom stereocenters. The van der Waals surface area contributed by atoms with Gasteiger partial charge in [-0.05, 0) is 48.6 Å². The molecule has 6 bridgehead atoms. The summed E-state index contributed by atoms with van der Waals surface area (Å²) in [6, 6.07) is 17.3. The summed E-state index contributed by atoms with van der Waals surface area (Å²) in [5.74, 6) is 2.13. The van der Waals surface area contributed by atoms with Crippen LogP contribution >= 0.6 is 0 Å². The first-order chi connectivity index (χ1) is 16.6. The number of imidazole rings is 1. The number of amides is 1. The van der Waals surface area contributed by atoms with E-state index in [2.05, 4.69) is 19.7 Å². The molecule has 0 aliphatic carbocycles. The molecule has 2 aliphatic rings. The molecule has 3 aromatic carbocycles. The van der Waals surface area contributed by atoms with Crippen LogP contribution in [0.4, 0.5) is 11.4 Å². The van der Waals surface area contributed by atoms with E-state index in [-0.39, 0.29) is 11.9 Å². The molecular formula is C27H23N5O2. The first kappa shape index (κ1) is 20.5. The minimum atomic E-state index is -0.240. The van der Waals surface area contributed by atoms with Gasteiger partial charge in [-0.3, -0.25) is 4.79 Å². The van der Waals surface area contributed by atoms with Gasteiger partial charge < -0.3 is 19.5 Å². The number of carbonyl (C=O) groups is 1. The lowest BCUT2D eigenvalue weighted by Crippen LogP contribution is -2.38. The maximum absolute atomic E-state index is 13.3. The highest BCUT2D eigenvalue weighted by Gasteiger charge is 2.33. The van der Waals surface area contributed by atoms with Crippen molar-refractivity contribution in [2.45, 2.75) is 32.5 Å². The summed E-state index contributed by atoms with van der Waals surface area (Å²) in [5, 5.41) is 5.45. The van der Waals surface area contributed by atoms with Crippen LogP contribution in [0.25, 0.3) is 15.6 Å². The molecule has 6 rings (SSSR count). The van der Waals surface area contributed by atoms with Gasteiger partial charge in [0.1, 0.15) is 17.3 Å². The first-order valence-electron chi connectivity index (χ1n) is 11.4. The van der Waals surface area contributed by atoms with Crippen LogP contribution in [0, 0.1) is 13.5 Å². The van der Waals surface area contributed by atoms with Gasteiger partial charge in [0, 0.05) is 31.2 Å². The molecule has 1 saturated heterocycles. The molecule has 1 N–H and O–H groups in total. The second kappa shape index (κ2) is 8.01. The Morgan fingerprint density at radius 3 is 2.97 bits per heavy atom. The van der Waals surface area contributed by atoms with E-state index in [1.54, 1.807) is 0 Å². The Morgan fingerprint density at radius 1 is 1.18 bits per heavy atom. The van der Waals surface area contributed by atoms with Gasteiger partial charge in [0.25, 0.3) is 0 Å². The van der Waals surface area contributed by atoms with Crippen LogP contribution < -0.4 is 15.0 Å². The van der Waals surface area contributed by atoms with Gasteiger partial charge in [-0.25, -0.2) is 9.83 Å². The zero-order valence-electron chi connectivity index (χ0n) is 18.8. The quantitative estimate of drug-likeness (QED) is 0.386. The maximum atomic E-state index is 13.3. The molecule has 4 aromatic rings. The molecule has 1 amide bonds. The Bertz CT molecular complexity index is 1480. The third kappa shape index (κ3) is 3.40. The van der Waals surface area contributed by atoms with Crippen molar-refractivity contribution in [3.05, 3.63) is 89.3 Å². The number of hydrogen-bond acceptors (Lipinski definition) is 4. The van der Waals surface area contributed by atoms with E-state index in [0.29, 0.717) is 36.8 Å². The number of benzene rings is 3. The van der Waals surface area contributed by atoms with Crippen molar-refractivity contribution in [2.75, 3.05) is 11.4 Å². The average Bonchev–Trinajstić information content (AvgIpc) is 3.39. The molecule has 2 aliphatic heterocycles. The van der Waals surface area contributed by atoms with E-state index in [9.17, 15) is 4.79 Å². The Kier molecular flexibility index (Phi) is 4.82. The van der Waals surface area contributed by atoms with Crippen LogP contribution in [0.1, 0.15) is 23.5 Å². The summed E-state index contributed by atoms with van der Waals surface area (Å²) in [5.41, 5.74) is 3.37. The van der Waals surface area contributed by atoms with Crippen molar-refractivity contribution in [3.8, 4) is 11.5 Å². The lowest BCUT2D eigenvalue weighted by Gasteiger charge is -2.21. The molecule has 0 saturated carbocycles. The van der Waals surface area contributed by atoms with E-state index in [1.807, 2.05) is 72.6 Å². The van der Waals surface area contributed by atoms with Gasteiger partial charge in [-0.15, -0.1) is 0 Å². The number of carbonyl (C=O) groups excluding carboxylic acids is 1.